The fourth-order valence-electron chi connectivity index (χ4n) is 3.39. The molecule has 3 aromatic rings. The lowest BCUT2D eigenvalue weighted by atomic mass is 10.1. The van der Waals surface area contributed by atoms with Crippen molar-refractivity contribution < 1.29 is 23.4 Å². The predicted octanol–water partition coefficient (Wildman–Crippen LogP) is 3.74. The van der Waals surface area contributed by atoms with E-state index in [4.69, 9.17) is 14.2 Å². The summed E-state index contributed by atoms with van der Waals surface area (Å²) in [5.41, 5.74) is 2.08. The fourth-order valence-corrected chi connectivity index (χ4v) is 3.39. The Morgan fingerprint density at radius 2 is 1.97 bits per heavy atom. The number of amides is 1. The van der Waals surface area contributed by atoms with Crippen molar-refractivity contribution in [3.63, 3.8) is 0 Å². The largest absolute Gasteiger partial charge is 0.494 e. The SMILES string of the molecule is CCOc1ccc(OCC)c(NC(=O)c2nnn3c2CO[C@@H](c2ccc(F)cc2)C3)c1. The number of nitrogens with zero attached hydrogens (tertiary/aromatic N) is 3. The molecule has 1 atom stereocenters. The average molecular weight is 426 g/mol. The third-order valence-electron chi connectivity index (χ3n) is 4.86. The van der Waals surface area contributed by atoms with E-state index in [9.17, 15) is 9.18 Å². The summed E-state index contributed by atoms with van der Waals surface area (Å²) < 4.78 is 31.9. The molecule has 0 unspecified atom stereocenters. The van der Waals surface area contributed by atoms with Crippen LogP contribution < -0.4 is 14.8 Å². The molecule has 1 aromatic heterocycles. The van der Waals surface area contributed by atoms with E-state index in [0.717, 1.165) is 5.56 Å². The molecule has 0 saturated heterocycles. The molecule has 31 heavy (non-hydrogen) atoms. The summed E-state index contributed by atoms with van der Waals surface area (Å²) in [5.74, 6) is 0.434. The Morgan fingerprint density at radius 3 is 2.71 bits per heavy atom. The van der Waals surface area contributed by atoms with Gasteiger partial charge >= 0.3 is 0 Å². The summed E-state index contributed by atoms with van der Waals surface area (Å²) in [6, 6.07) is 11.4. The number of fused-ring (bicyclic) bond motifs is 1. The normalized spacial score (nSPS) is 15.3. The molecule has 1 N–H and O–H groups in total. The van der Waals surface area contributed by atoms with Crippen LogP contribution in [0.2, 0.25) is 0 Å². The Morgan fingerprint density at radius 1 is 1.19 bits per heavy atom. The van der Waals surface area contributed by atoms with E-state index in [0.29, 0.717) is 42.6 Å². The molecule has 4 rings (SSSR count). The molecule has 2 heterocycles. The number of carbonyl (C=O) groups excluding carboxylic acids is 1. The molecule has 9 heteroatoms. The Hall–Kier alpha value is -3.46. The summed E-state index contributed by atoms with van der Waals surface area (Å²) in [4.78, 5) is 12.9. The molecule has 162 valence electrons. The molecule has 1 amide bonds. The number of aromatic nitrogens is 3. The van der Waals surface area contributed by atoms with Crippen LogP contribution in [0.1, 0.15) is 41.7 Å². The second-order valence-electron chi connectivity index (χ2n) is 6.90. The van der Waals surface area contributed by atoms with Gasteiger partial charge in [0.05, 0.1) is 37.7 Å². The first-order valence-electron chi connectivity index (χ1n) is 10.1. The first kappa shape index (κ1) is 20.8. The van der Waals surface area contributed by atoms with E-state index >= 15 is 0 Å². The van der Waals surface area contributed by atoms with Gasteiger partial charge in [-0.3, -0.25) is 4.79 Å². The molecule has 8 nitrogen and oxygen atoms in total. The third-order valence-corrected chi connectivity index (χ3v) is 4.86. The van der Waals surface area contributed by atoms with Crippen LogP contribution in [0.15, 0.2) is 42.5 Å². The molecule has 0 fully saturated rings. The molecule has 0 spiro atoms. The van der Waals surface area contributed by atoms with Crippen LogP contribution in [0, 0.1) is 5.82 Å². The number of nitrogens with one attached hydrogen (secondary N) is 1. The molecule has 1 aliphatic rings. The number of rotatable bonds is 7. The average Bonchev–Trinajstić information content (AvgIpc) is 3.20. The fraction of sp³-hybridized carbons (Fsp3) is 0.318. The minimum Gasteiger partial charge on any atom is -0.494 e. The van der Waals surface area contributed by atoms with Gasteiger partial charge in [0.2, 0.25) is 0 Å². The zero-order valence-corrected chi connectivity index (χ0v) is 17.3. The van der Waals surface area contributed by atoms with Crippen LogP contribution in [0.25, 0.3) is 0 Å². The van der Waals surface area contributed by atoms with Crippen molar-refractivity contribution >= 4 is 11.6 Å². The van der Waals surface area contributed by atoms with Gasteiger partial charge in [-0.15, -0.1) is 5.10 Å². The van der Waals surface area contributed by atoms with Gasteiger partial charge in [0.25, 0.3) is 5.91 Å². The molecule has 1 aliphatic heterocycles. The summed E-state index contributed by atoms with van der Waals surface area (Å²) in [5, 5.41) is 11.0. The van der Waals surface area contributed by atoms with Crippen LogP contribution in [0.5, 0.6) is 11.5 Å². The summed E-state index contributed by atoms with van der Waals surface area (Å²) in [6.07, 6.45) is -0.293. The van der Waals surface area contributed by atoms with Gasteiger partial charge in [0, 0.05) is 6.07 Å². The molecule has 2 aromatic carbocycles. The van der Waals surface area contributed by atoms with Crippen molar-refractivity contribution in [3.05, 3.63) is 65.2 Å². The maximum Gasteiger partial charge on any atom is 0.278 e. The number of hydrogen-bond donors (Lipinski definition) is 1. The highest BCUT2D eigenvalue weighted by molar-refractivity contribution is 6.04. The lowest BCUT2D eigenvalue weighted by Crippen LogP contribution is -2.24. The third kappa shape index (κ3) is 4.51. The minimum atomic E-state index is -0.417. The van der Waals surface area contributed by atoms with E-state index < -0.39 is 5.91 Å². The van der Waals surface area contributed by atoms with Gasteiger partial charge in [-0.05, 0) is 43.7 Å². The Labute approximate surface area is 178 Å². The first-order chi connectivity index (χ1) is 15.1. The smallest absolute Gasteiger partial charge is 0.278 e. The summed E-state index contributed by atoms with van der Waals surface area (Å²) >= 11 is 0. The second kappa shape index (κ2) is 9.13. The van der Waals surface area contributed by atoms with Gasteiger partial charge in [0.15, 0.2) is 5.69 Å². The molecular weight excluding hydrogens is 403 g/mol. The monoisotopic (exact) mass is 426 g/mol. The van der Waals surface area contributed by atoms with Crippen molar-refractivity contribution in [1.29, 1.82) is 0 Å². The van der Waals surface area contributed by atoms with Gasteiger partial charge < -0.3 is 19.5 Å². The quantitative estimate of drug-likeness (QED) is 0.619. The second-order valence-corrected chi connectivity index (χ2v) is 6.90. The standard InChI is InChI=1S/C22H23FN4O4/c1-3-29-16-9-10-19(30-4-2)17(11-16)24-22(28)21-18-13-31-20(12-27(18)26-25-21)14-5-7-15(23)8-6-14/h5-11,20H,3-4,12-13H2,1-2H3,(H,24,28)/t20-/m1/s1. The lowest BCUT2D eigenvalue weighted by molar-refractivity contribution is -0.00174. The first-order valence-corrected chi connectivity index (χ1v) is 10.1. The number of ether oxygens (including phenoxy) is 3. The number of anilines is 1. The van der Waals surface area contributed by atoms with Gasteiger partial charge in [-0.25, -0.2) is 9.07 Å². The van der Waals surface area contributed by atoms with Crippen LogP contribution in [0.3, 0.4) is 0 Å². The van der Waals surface area contributed by atoms with Crippen molar-refractivity contribution in [2.24, 2.45) is 0 Å². The topological polar surface area (TPSA) is 87.5 Å². The Bertz CT molecular complexity index is 1070. The highest BCUT2D eigenvalue weighted by atomic mass is 19.1. The lowest BCUT2D eigenvalue weighted by Gasteiger charge is -2.24. The maximum absolute atomic E-state index is 13.2. The van der Waals surface area contributed by atoms with E-state index in [-0.39, 0.29) is 24.2 Å². The molecule has 0 bridgehead atoms. The van der Waals surface area contributed by atoms with Crippen molar-refractivity contribution in [2.45, 2.75) is 33.1 Å². The van der Waals surface area contributed by atoms with Crippen LogP contribution >= 0.6 is 0 Å². The minimum absolute atomic E-state index is 0.162. The highest BCUT2D eigenvalue weighted by Gasteiger charge is 2.28. The molecule has 0 saturated carbocycles. The molecule has 0 radical (unpaired) electrons. The number of hydrogen-bond acceptors (Lipinski definition) is 6. The zero-order valence-electron chi connectivity index (χ0n) is 17.3. The Balaban J connectivity index is 1.53. The van der Waals surface area contributed by atoms with Crippen molar-refractivity contribution in [3.8, 4) is 11.5 Å². The van der Waals surface area contributed by atoms with E-state index in [1.54, 1.807) is 35.0 Å². The van der Waals surface area contributed by atoms with Crippen LogP contribution in [-0.4, -0.2) is 34.1 Å². The highest BCUT2D eigenvalue weighted by Crippen LogP contribution is 2.31. The molecular formula is C22H23FN4O4. The van der Waals surface area contributed by atoms with Gasteiger partial charge in [-0.1, -0.05) is 17.3 Å². The predicted molar refractivity (Wildman–Crippen MR) is 111 cm³/mol. The van der Waals surface area contributed by atoms with Crippen LogP contribution in [0.4, 0.5) is 10.1 Å². The van der Waals surface area contributed by atoms with E-state index in [1.165, 1.54) is 12.1 Å². The summed E-state index contributed by atoms with van der Waals surface area (Å²) in [7, 11) is 0. The summed E-state index contributed by atoms with van der Waals surface area (Å²) in [6.45, 7) is 5.26. The van der Waals surface area contributed by atoms with Crippen molar-refractivity contribution in [1.82, 2.24) is 15.0 Å². The van der Waals surface area contributed by atoms with Gasteiger partial charge in [0.1, 0.15) is 23.4 Å². The van der Waals surface area contributed by atoms with Crippen LogP contribution in [-0.2, 0) is 17.9 Å². The van der Waals surface area contributed by atoms with Gasteiger partial charge in [-0.2, -0.15) is 0 Å². The van der Waals surface area contributed by atoms with Crippen molar-refractivity contribution in [2.75, 3.05) is 18.5 Å². The maximum atomic E-state index is 13.2. The van der Waals surface area contributed by atoms with E-state index in [2.05, 4.69) is 15.6 Å². The van der Waals surface area contributed by atoms with E-state index in [1.807, 2.05) is 13.8 Å². The zero-order chi connectivity index (χ0) is 21.8. The molecule has 0 aliphatic carbocycles. The number of carbonyl (C=O) groups is 1. The number of halogens is 1. The Kier molecular flexibility index (Phi) is 6.13. The number of benzene rings is 2.